The van der Waals surface area contributed by atoms with Crippen molar-refractivity contribution in [2.45, 2.75) is 25.4 Å². The first-order valence-electron chi connectivity index (χ1n) is 7.55. The summed E-state index contributed by atoms with van der Waals surface area (Å²) < 4.78 is 52.3. The van der Waals surface area contributed by atoms with E-state index in [1.807, 2.05) is 6.07 Å². The van der Waals surface area contributed by atoms with Crippen molar-refractivity contribution < 1.29 is 21.9 Å². The van der Waals surface area contributed by atoms with Gasteiger partial charge >= 0.3 is 0 Å². The Balaban J connectivity index is 1.86. The number of hydrogen-bond acceptors (Lipinski definition) is 4. The first-order chi connectivity index (χ1) is 11.4. The molecule has 24 heavy (non-hydrogen) atoms. The van der Waals surface area contributed by atoms with Gasteiger partial charge in [0, 0.05) is 19.6 Å². The van der Waals surface area contributed by atoms with Crippen LogP contribution in [0.3, 0.4) is 0 Å². The van der Waals surface area contributed by atoms with E-state index in [1.165, 1.54) is 0 Å². The van der Waals surface area contributed by atoms with E-state index in [1.54, 1.807) is 25.2 Å². The molecule has 1 aliphatic heterocycles. The molecule has 134 valence electrons. The van der Waals surface area contributed by atoms with Crippen LogP contribution in [0.15, 0.2) is 29.3 Å². The summed E-state index contributed by atoms with van der Waals surface area (Å²) in [5, 5.41) is 6.15. The summed E-state index contributed by atoms with van der Waals surface area (Å²) in [7, 11) is -1.36. The van der Waals surface area contributed by atoms with Crippen molar-refractivity contribution in [2.24, 2.45) is 4.99 Å². The van der Waals surface area contributed by atoms with Crippen LogP contribution in [0, 0.1) is 0 Å². The predicted molar refractivity (Wildman–Crippen MR) is 88.3 cm³/mol. The fourth-order valence-corrected chi connectivity index (χ4v) is 4.06. The van der Waals surface area contributed by atoms with E-state index in [0.717, 1.165) is 5.56 Å². The van der Waals surface area contributed by atoms with Gasteiger partial charge in [-0.25, -0.2) is 17.2 Å². The number of halogens is 2. The van der Waals surface area contributed by atoms with Gasteiger partial charge in [0.05, 0.1) is 11.5 Å². The Kier molecular flexibility index (Phi) is 6.36. The van der Waals surface area contributed by atoms with Gasteiger partial charge in [0.2, 0.25) is 0 Å². The van der Waals surface area contributed by atoms with Crippen LogP contribution < -0.4 is 15.4 Å². The van der Waals surface area contributed by atoms with E-state index in [0.29, 0.717) is 24.7 Å². The second kappa shape index (κ2) is 8.27. The third kappa shape index (κ3) is 5.95. The van der Waals surface area contributed by atoms with E-state index in [2.05, 4.69) is 15.6 Å². The minimum Gasteiger partial charge on any atom is -0.488 e. The van der Waals surface area contributed by atoms with Gasteiger partial charge in [0.15, 0.2) is 15.8 Å². The van der Waals surface area contributed by atoms with Crippen molar-refractivity contribution in [3.63, 3.8) is 0 Å². The van der Waals surface area contributed by atoms with Crippen molar-refractivity contribution in [3.8, 4) is 5.75 Å². The summed E-state index contributed by atoms with van der Waals surface area (Å²) in [6.45, 7) is -0.235. The van der Waals surface area contributed by atoms with Crippen LogP contribution in [-0.4, -0.2) is 52.0 Å². The van der Waals surface area contributed by atoms with E-state index in [-0.39, 0.29) is 17.5 Å². The summed E-state index contributed by atoms with van der Waals surface area (Å²) in [5.74, 6) is 1.16. The van der Waals surface area contributed by atoms with Crippen LogP contribution in [-0.2, 0) is 16.4 Å². The van der Waals surface area contributed by atoms with Crippen molar-refractivity contribution >= 4 is 15.8 Å². The number of aliphatic imine (C=N–C) groups is 1. The Bertz CT molecular complexity index is 680. The minimum absolute atomic E-state index is 0.102. The lowest BCUT2D eigenvalue weighted by Crippen LogP contribution is -2.43. The second-order valence-corrected chi connectivity index (χ2v) is 7.75. The number of hydrogen-bond donors (Lipinski definition) is 2. The SMILES string of the molecule is CN=C(NCc1cccc(OCC(F)F)c1)NC1CCS(=O)(=O)C1. The number of nitrogens with zero attached hydrogens (tertiary/aromatic N) is 1. The molecule has 1 fully saturated rings. The Labute approximate surface area is 140 Å². The molecule has 9 heteroatoms. The Morgan fingerprint density at radius 3 is 2.88 bits per heavy atom. The second-order valence-electron chi connectivity index (χ2n) is 5.52. The number of alkyl halides is 2. The molecule has 1 unspecified atom stereocenters. The summed E-state index contributed by atoms with van der Waals surface area (Å²) in [6.07, 6.45) is -1.96. The molecule has 1 atom stereocenters. The molecule has 0 amide bonds. The van der Waals surface area contributed by atoms with Crippen molar-refractivity contribution in [1.29, 1.82) is 0 Å². The first-order valence-corrected chi connectivity index (χ1v) is 9.37. The van der Waals surface area contributed by atoms with Gasteiger partial charge in [-0.05, 0) is 24.1 Å². The maximum absolute atomic E-state index is 12.2. The molecule has 6 nitrogen and oxygen atoms in total. The van der Waals surface area contributed by atoms with E-state index < -0.39 is 22.9 Å². The number of sulfone groups is 1. The molecule has 2 N–H and O–H groups in total. The average Bonchev–Trinajstić information content (AvgIpc) is 2.88. The quantitative estimate of drug-likeness (QED) is 0.588. The van der Waals surface area contributed by atoms with Crippen LogP contribution in [0.5, 0.6) is 5.75 Å². The largest absolute Gasteiger partial charge is 0.488 e. The number of benzene rings is 1. The highest BCUT2D eigenvalue weighted by molar-refractivity contribution is 7.91. The number of ether oxygens (including phenoxy) is 1. The highest BCUT2D eigenvalue weighted by Crippen LogP contribution is 2.14. The van der Waals surface area contributed by atoms with Gasteiger partial charge in [0.1, 0.15) is 12.4 Å². The van der Waals surface area contributed by atoms with Crippen LogP contribution in [0.4, 0.5) is 8.78 Å². The molecule has 1 aromatic carbocycles. The lowest BCUT2D eigenvalue weighted by atomic mass is 10.2. The Morgan fingerprint density at radius 1 is 1.46 bits per heavy atom. The highest BCUT2D eigenvalue weighted by atomic mass is 32.2. The zero-order chi connectivity index (χ0) is 17.6. The van der Waals surface area contributed by atoms with Crippen LogP contribution >= 0.6 is 0 Å². The molecule has 0 bridgehead atoms. The summed E-state index contributed by atoms with van der Waals surface area (Å²) in [6, 6.07) is 6.68. The molecule has 0 saturated carbocycles. The molecule has 1 aliphatic rings. The average molecular weight is 361 g/mol. The molecular formula is C15H21F2N3O3S. The van der Waals surface area contributed by atoms with E-state index in [9.17, 15) is 17.2 Å². The first kappa shape index (κ1) is 18.4. The third-order valence-electron chi connectivity index (χ3n) is 3.53. The fourth-order valence-electron chi connectivity index (χ4n) is 2.39. The molecule has 0 aromatic heterocycles. The highest BCUT2D eigenvalue weighted by Gasteiger charge is 2.28. The lowest BCUT2D eigenvalue weighted by Gasteiger charge is -2.16. The monoisotopic (exact) mass is 361 g/mol. The maximum Gasteiger partial charge on any atom is 0.272 e. The van der Waals surface area contributed by atoms with Crippen LogP contribution in [0.2, 0.25) is 0 Å². The Morgan fingerprint density at radius 2 is 2.25 bits per heavy atom. The number of nitrogens with one attached hydrogen (secondary N) is 2. The summed E-state index contributed by atoms with van der Waals surface area (Å²) >= 11 is 0. The fraction of sp³-hybridized carbons (Fsp3) is 0.533. The third-order valence-corrected chi connectivity index (χ3v) is 5.30. The van der Waals surface area contributed by atoms with Gasteiger partial charge in [-0.15, -0.1) is 0 Å². The zero-order valence-electron chi connectivity index (χ0n) is 13.3. The van der Waals surface area contributed by atoms with Crippen molar-refractivity contribution in [3.05, 3.63) is 29.8 Å². The van der Waals surface area contributed by atoms with Crippen molar-refractivity contribution in [1.82, 2.24) is 10.6 Å². The molecule has 1 aromatic rings. The standard InChI is InChI=1S/C15H21F2N3O3S/c1-18-15(20-12-5-6-24(21,22)10-12)19-8-11-3-2-4-13(7-11)23-9-14(16)17/h2-4,7,12,14H,5-6,8-10H2,1H3,(H2,18,19,20). The number of rotatable bonds is 6. The molecular weight excluding hydrogens is 340 g/mol. The molecule has 0 aliphatic carbocycles. The van der Waals surface area contributed by atoms with Crippen LogP contribution in [0.1, 0.15) is 12.0 Å². The molecule has 2 rings (SSSR count). The normalized spacial score (nSPS) is 20.2. The lowest BCUT2D eigenvalue weighted by molar-refractivity contribution is 0.0818. The van der Waals surface area contributed by atoms with Crippen LogP contribution in [0.25, 0.3) is 0 Å². The van der Waals surface area contributed by atoms with E-state index >= 15 is 0 Å². The maximum atomic E-state index is 12.2. The smallest absolute Gasteiger partial charge is 0.272 e. The van der Waals surface area contributed by atoms with Gasteiger partial charge in [-0.2, -0.15) is 0 Å². The summed E-state index contributed by atoms with van der Waals surface area (Å²) in [5.41, 5.74) is 0.837. The molecule has 1 saturated heterocycles. The van der Waals surface area contributed by atoms with Gasteiger partial charge in [-0.3, -0.25) is 4.99 Å². The topological polar surface area (TPSA) is 79.8 Å². The van der Waals surface area contributed by atoms with Gasteiger partial charge in [-0.1, -0.05) is 12.1 Å². The summed E-state index contributed by atoms with van der Waals surface area (Å²) in [4.78, 5) is 4.07. The molecule has 0 spiro atoms. The van der Waals surface area contributed by atoms with Crippen molar-refractivity contribution in [2.75, 3.05) is 25.2 Å². The van der Waals surface area contributed by atoms with E-state index in [4.69, 9.17) is 4.74 Å². The van der Waals surface area contributed by atoms with Gasteiger partial charge in [0.25, 0.3) is 6.43 Å². The zero-order valence-corrected chi connectivity index (χ0v) is 14.2. The number of guanidine groups is 1. The Hall–Kier alpha value is -1.90. The van der Waals surface area contributed by atoms with Gasteiger partial charge < -0.3 is 15.4 Å². The predicted octanol–water partition coefficient (Wildman–Crippen LogP) is 1.18. The minimum atomic E-state index is -2.96. The molecule has 0 radical (unpaired) electrons. The molecule has 1 heterocycles.